The number of amides is 2. The minimum atomic E-state index is -0.958. The molecule has 0 saturated carbocycles. The molecule has 3 aromatic rings. The van der Waals surface area contributed by atoms with Crippen LogP contribution in [0.1, 0.15) is 10.4 Å². The summed E-state index contributed by atoms with van der Waals surface area (Å²) in [6, 6.07) is 14.1. The summed E-state index contributed by atoms with van der Waals surface area (Å²) in [6.07, 6.45) is 0.740. The highest BCUT2D eigenvalue weighted by Crippen LogP contribution is 2.41. The van der Waals surface area contributed by atoms with Gasteiger partial charge in [0.05, 0.1) is 11.3 Å². The lowest BCUT2D eigenvalue weighted by Gasteiger charge is -2.21. The van der Waals surface area contributed by atoms with Crippen LogP contribution in [-0.2, 0) is 16.0 Å². The Morgan fingerprint density at radius 2 is 1.72 bits per heavy atom. The number of anilines is 2. The molecule has 0 spiro atoms. The number of halogens is 2. The van der Waals surface area contributed by atoms with Crippen molar-refractivity contribution in [1.29, 1.82) is 0 Å². The van der Waals surface area contributed by atoms with E-state index in [1.54, 1.807) is 12.1 Å². The van der Waals surface area contributed by atoms with Crippen LogP contribution in [0.4, 0.5) is 20.2 Å². The SMILES string of the molecule is O=C1C(c2cccs2)=C(N2CCc3ccccc32)C(=O)N1c1ccc(F)cc1F. The number of thiophene rings is 1. The average Bonchev–Trinajstić information content (AvgIpc) is 3.41. The van der Waals surface area contributed by atoms with Crippen LogP contribution < -0.4 is 9.80 Å². The fourth-order valence-corrected chi connectivity index (χ4v) is 4.63. The van der Waals surface area contributed by atoms with E-state index in [-0.39, 0.29) is 17.0 Å². The van der Waals surface area contributed by atoms with E-state index in [1.807, 2.05) is 34.5 Å². The second-order valence-electron chi connectivity index (χ2n) is 6.77. The molecule has 0 atom stereocenters. The van der Waals surface area contributed by atoms with Crippen molar-refractivity contribution < 1.29 is 18.4 Å². The monoisotopic (exact) mass is 408 g/mol. The highest BCUT2D eigenvalue weighted by atomic mass is 32.1. The Bertz CT molecular complexity index is 1190. The Balaban J connectivity index is 1.68. The van der Waals surface area contributed by atoms with E-state index in [0.717, 1.165) is 34.7 Å². The quantitative estimate of drug-likeness (QED) is 0.604. The van der Waals surface area contributed by atoms with Crippen molar-refractivity contribution in [3.05, 3.63) is 87.7 Å². The molecule has 2 aliphatic rings. The Morgan fingerprint density at radius 3 is 2.48 bits per heavy atom. The maximum atomic E-state index is 14.4. The zero-order chi connectivity index (χ0) is 20.1. The summed E-state index contributed by atoms with van der Waals surface area (Å²) in [5.41, 5.74) is 2.16. The first-order valence-corrected chi connectivity index (χ1v) is 9.91. The van der Waals surface area contributed by atoms with Gasteiger partial charge in [-0.15, -0.1) is 11.3 Å². The number of imide groups is 1. The van der Waals surface area contributed by atoms with Gasteiger partial charge in [-0.3, -0.25) is 9.59 Å². The Labute approximate surface area is 169 Å². The third-order valence-electron chi connectivity index (χ3n) is 5.13. The molecular formula is C22H14F2N2O2S. The number of rotatable bonds is 3. The van der Waals surface area contributed by atoms with Gasteiger partial charge in [-0.1, -0.05) is 24.3 Å². The van der Waals surface area contributed by atoms with Gasteiger partial charge in [0.2, 0.25) is 0 Å². The first-order valence-electron chi connectivity index (χ1n) is 9.03. The van der Waals surface area contributed by atoms with Gasteiger partial charge in [-0.25, -0.2) is 13.7 Å². The molecular weight excluding hydrogens is 394 g/mol. The van der Waals surface area contributed by atoms with E-state index in [9.17, 15) is 18.4 Å². The molecule has 144 valence electrons. The van der Waals surface area contributed by atoms with E-state index in [2.05, 4.69) is 0 Å². The molecule has 2 aromatic carbocycles. The molecule has 29 heavy (non-hydrogen) atoms. The van der Waals surface area contributed by atoms with Gasteiger partial charge in [0.1, 0.15) is 17.3 Å². The van der Waals surface area contributed by atoms with Gasteiger partial charge < -0.3 is 4.90 Å². The number of para-hydroxylation sites is 1. The van der Waals surface area contributed by atoms with E-state index in [4.69, 9.17) is 0 Å². The summed E-state index contributed by atoms with van der Waals surface area (Å²) in [7, 11) is 0. The molecule has 0 radical (unpaired) electrons. The minimum Gasteiger partial charge on any atom is -0.336 e. The molecule has 0 N–H and O–H groups in total. The molecule has 3 heterocycles. The number of nitrogens with zero attached hydrogens (tertiary/aromatic N) is 2. The molecule has 0 fully saturated rings. The number of benzene rings is 2. The second kappa shape index (κ2) is 6.63. The van der Waals surface area contributed by atoms with E-state index in [0.29, 0.717) is 17.5 Å². The van der Waals surface area contributed by atoms with E-state index in [1.165, 1.54) is 11.3 Å². The van der Waals surface area contributed by atoms with Gasteiger partial charge in [0.15, 0.2) is 0 Å². The summed E-state index contributed by atoms with van der Waals surface area (Å²) >= 11 is 1.34. The Hall–Kier alpha value is -3.32. The van der Waals surface area contributed by atoms with Crippen LogP contribution in [0, 0.1) is 11.6 Å². The molecule has 4 nitrogen and oxygen atoms in total. The normalized spacial score (nSPS) is 16.2. The van der Waals surface area contributed by atoms with Crippen molar-refractivity contribution in [3.63, 3.8) is 0 Å². The van der Waals surface area contributed by atoms with Crippen molar-refractivity contribution in [2.45, 2.75) is 6.42 Å². The predicted octanol–water partition coefficient (Wildman–Crippen LogP) is 4.37. The lowest BCUT2D eigenvalue weighted by atomic mass is 10.1. The van der Waals surface area contributed by atoms with E-state index >= 15 is 0 Å². The summed E-state index contributed by atoms with van der Waals surface area (Å²) in [6.45, 7) is 0.544. The smallest absolute Gasteiger partial charge is 0.282 e. The summed E-state index contributed by atoms with van der Waals surface area (Å²) in [5.74, 6) is -2.95. The number of carbonyl (C=O) groups is 2. The molecule has 0 saturated heterocycles. The van der Waals surface area contributed by atoms with Gasteiger partial charge >= 0.3 is 0 Å². The van der Waals surface area contributed by atoms with Gasteiger partial charge in [0, 0.05) is 23.2 Å². The fourth-order valence-electron chi connectivity index (χ4n) is 3.86. The standard InChI is InChI=1S/C22H14F2N2O2S/c23-14-7-8-17(15(24)12-14)26-21(27)19(18-6-3-11-29-18)20(22(26)28)25-10-9-13-4-1-2-5-16(13)25/h1-8,11-12H,9-10H2. The van der Waals surface area contributed by atoms with Crippen molar-refractivity contribution >= 4 is 40.1 Å². The highest BCUT2D eigenvalue weighted by molar-refractivity contribution is 7.11. The Morgan fingerprint density at radius 1 is 0.897 bits per heavy atom. The number of hydrogen-bond acceptors (Lipinski definition) is 4. The van der Waals surface area contributed by atoms with Crippen molar-refractivity contribution in [3.8, 4) is 0 Å². The lowest BCUT2D eigenvalue weighted by Crippen LogP contribution is -2.35. The van der Waals surface area contributed by atoms with Crippen molar-refractivity contribution in [2.75, 3.05) is 16.3 Å². The Kier molecular flexibility index (Phi) is 4.06. The maximum Gasteiger partial charge on any atom is 0.282 e. The highest BCUT2D eigenvalue weighted by Gasteiger charge is 2.45. The molecule has 0 bridgehead atoms. The number of hydrogen-bond donors (Lipinski definition) is 0. The maximum absolute atomic E-state index is 14.4. The molecule has 0 unspecified atom stereocenters. The molecule has 2 amide bonds. The number of fused-ring (bicyclic) bond motifs is 1. The zero-order valence-electron chi connectivity index (χ0n) is 15.1. The van der Waals surface area contributed by atoms with Gasteiger partial charge in [0.25, 0.3) is 11.8 Å². The largest absolute Gasteiger partial charge is 0.336 e. The van der Waals surface area contributed by atoms with Crippen LogP contribution in [0.15, 0.2) is 65.7 Å². The summed E-state index contributed by atoms with van der Waals surface area (Å²) in [5, 5.41) is 1.82. The molecule has 7 heteroatoms. The van der Waals surface area contributed by atoms with Crippen LogP contribution in [-0.4, -0.2) is 18.4 Å². The van der Waals surface area contributed by atoms with Crippen LogP contribution in [0.3, 0.4) is 0 Å². The van der Waals surface area contributed by atoms with Crippen LogP contribution >= 0.6 is 11.3 Å². The third-order valence-corrected chi connectivity index (χ3v) is 6.02. The first-order chi connectivity index (χ1) is 14.1. The lowest BCUT2D eigenvalue weighted by molar-refractivity contribution is -0.120. The van der Waals surface area contributed by atoms with Crippen LogP contribution in [0.25, 0.3) is 5.57 Å². The van der Waals surface area contributed by atoms with Crippen molar-refractivity contribution in [2.24, 2.45) is 0 Å². The third kappa shape index (κ3) is 2.69. The molecule has 0 aliphatic carbocycles. The molecule has 5 rings (SSSR count). The summed E-state index contributed by atoms with van der Waals surface area (Å²) < 4.78 is 27.8. The van der Waals surface area contributed by atoms with Gasteiger partial charge in [-0.05, 0) is 41.6 Å². The van der Waals surface area contributed by atoms with Crippen LogP contribution in [0.2, 0.25) is 0 Å². The summed E-state index contributed by atoms with van der Waals surface area (Å²) in [4.78, 5) is 30.0. The topological polar surface area (TPSA) is 40.6 Å². The van der Waals surface area contributed by atoms with Crippen molar-refractivity contribution in [1.82, 2.24) is 0 Å². The van der Waals surface area contributed by atoms with Crippen LogP contribution in [0.5, 0.6) is 0 Å². The first kappa shape index (κ1) is 17.8. The fraction of sp³-hybridized carbons (Fsp3) is 0.0909. The molecule has 2 aliphatic heterocycles. The second-order valence-corrected chi connectivity index (χ2v) is 7.72. The van der Waals surface area contributed by atoms with E-state index < -0.39 is 23.4 Å². The average molecular weight is 408 g/mol. The number of carbonyl (C=O) groups excluding carboxylic acids is 2. The molecule has 1 aromatic heterocycles. The zero-order valence-corrected chi connectivity index (χ0v) is 15.9. The van der Waals surface area contributed by atoms with Gasteiger partial charge in [-0.2, -0.15) is 0 Å². The minimum absolute atomic E-state index is 0.228. The predicted molar refractivity (Wildman–Crippen MR) is 108 cm³/mol.